The van der Waals surface area contributed by atoms with Gasteiger partial charge in [-0.1, -0.05) is 6.07 Å². The van der Waals surface area contributed by atoms with Crippen molar-refractivity contribution in [2.24, 2.45) is 0 Å². The van der Waals surface area contributed by atoms with Crippen molar-refractivity contribution >= 4 is 22.5 Å². The highest BCUT2D eigenvalue weighted by Gasteiger charge is 2.08. The Kier molecular flexibility index (Phi) is 2.97. The van der Waals surface area contributed by atoms with Gasteiger partial charge in [0.15, 0.2) is 5.82 Å². The van der Waals surface area contributed by atoms with Crippen molar-refractivity contribution in [3.8, 4) is 17.4 Å². The lowest BCUT2D eigenvalue weighted by atomic mass is 10.1. The lowest BCUT2D eigenvalue weighted by Crippen LogP contribution is -1.97. The zero-order chi connectivity index (χ0) is 13.2. The third kappa shape index (κ3) is 2.32. The number of fused-ring (bicyclic) bond motifs is 1. The third-order valence-corrected chi connectivity index (χ3v) is 2.80. The van der Waals surface area contributed by atoms with Crippen LogP contribution in [0.1, 0.15) is 0 Å². The van der Waals surface area contributed by atoms with Crippen LogP contribution in [0, 0.1) is 0 Å². The van der Waals surface area contributed by atoms with Crippen LogP contribution in [0.4, 0.5) is 0 Å². The summed E-state index contributed by atoms with van der Waals surface area (Å²) in [5.41, 5.74) is 1.75. The average molecular weight is 273 g/mol. The molecule has 3 rings (SSSR count). The predicted octanol–water partition coefficient (Wildman–Crippen LogP) is 2.75. The van der Waals surface area contributed by atoms with Crippen molar-refractivity contribution in [3.63, 3.8) is 0 Å². The van der Waals surface area contributed by atoms with E-state index in [1.807, 2.05) is 30.3 Å². The number of halogens is 1. The first-order valence-corrected chi connectivity index (χ1v) is 5.95. The molecule has 0 saturated heterocycles. The molecule has 0 aliphatic rings. The van der Waals surface area contributed by atoms with Gasteiger partial charge in [0.2, 0.25) is 5.28 Å². The number of benzene rings is 1. The molecule has 0 amide bonds. The first kappa shape index (κ1) is 11.8. The second-order valence-corrected chi connectivity index (χ2v) is 4.16. The molecular weight excluding hydrogens is 264 g/mol. The Morgan fingerprint density at radius 3 is 2.84 bits per heavy atom. The SMILES string of the molecule is COc1nc(Cl)nc(-c2ccc3ncccc3c2)n1. The second kappa shape index (κ2) is 4.78. The third-order valence-electron chi connectivity index (χ3n) is 2.63. The van der Waals surface area contributed by atoms with Gasteiger partial charge >= 0.3 is 6.01 Å². The van der Waals surface area contributed by atoms with Crippen LogP contribution in [-0.2, 0) is 0 Å². The standard InChI is InChI=1S/C13H9ClN4O/c1-19-13-17-11(16-12(14)18-13)9-4-5-10-8(7-9)3-2-6-15-10/h2-7H,1H3. The second-order valence-electron chi connectivity index (χ2n) is 3.83. The predicted molar refractivity (Wildman–Crippen MR) is 72.1 cm³/mol. The summed E-state index contributed by atoms with van der Waals surface area (Å²) >= 11 is 5.84. The lowest BCUT2D eigenvalue weighted by Gasteiger charge is -2.04. The summed E-state index contributed by atoms with van der Waals surface area (Å²) in [4.78, 5) is 16.4. The Hall–Kier alpha value is -2.27. The van der Waals surface area contributed by atoms with Crippen molar-refractivity contribution in [3.05, 3.63) is 41.8 Å². The minimum atomic E-state index is 0.105. The zero-order valence-corrected chi connectivity index (χ0v) is 10.8. The summed E-state index contributed by atoms with van der Waals surface area (Å²) in [5.74, 6) is 0.475. The van der Waals surface area contributed by atoms with Gasteiger partial charge in [0, 0.05) is 17.1 Å². The van der Waals surface area contributed by atoms with Gasteiger partial charge in [-0.3, -0.25) is 4.98 Å². The van der Waals surface area contributed by atoms with E-state index in [9.17, 15) is 0 Å². The molecule has 3 aromatic rings. The molecular formula is C13H9ClN4O. The summed E-state index contributed by atoms with van der Waals surface area (Å²) < 4.78 is 4.99. The first-order chi connectivity index (χ1) is 9.26. The fraction of sp³-hybridized carbons (Fsp3) is 0.0769. The van der Waals surface area contributed by atoms with Gasteiger partial charge in [-0.25, -0.2) is 0 Å². The van der Waals surface area contributed by atoms with Crippen LogP contribution >= 0.6 is 11.6 Å². The molecule has 0 aliphatic heterocycles. The van der Waals surface area contributed by atoms with Crippen LogP contribution in [0.2, 0.25) is 5.28 Å². The van der Waals surface area contributed by atoms with Crippen LogP contribution in [0.15, 0.2) is 36.5 Å². The maximum Gasteiger partial charge on any atom is 0.321 e. The van der Waals surface area contributed by atoms with Gasteiger partial charge in [-0.15, -0.1) is 0 Å². The van der Waals surface area contributed by atoms with Crippen molar-refractivity contribution in [2.45, 2.75) is 0 Å². The molecule has 0 aliphatic carbocycles. The molecule has 5 nitrogen and oxygen atoms in total. The number of rotatable bonds is 2. The van der Waals surface area contributed by atoms with Gasteiger partial charge in [0.25, 0.3) is 0 Å². The van der Waals surface area contributed by atoms with E-state index in [1.54, 1.807) is 6.20 Å². The van der Waals surface area contributed by atoms with E-state index in [1.165, 1.54) is 7.11 Å². The Balaban J connectivity index is 2.15. The fourth-order valence-electron chi connectivity index (χ4n) is 1.77. The monoisotopic (exact) mass is 272 g/mol. The van der Waals surface area contributed by atoms with Crippen LogP contribution in [-0.4, -0.2) is 27.0 Å². The molecule has 0 N–H and O–H groups in total. The van der Waals surface area contributed by atoms with Gasteiger partial charge < -0.3 is 4.74 Å². The van der Waals surface area contributed by atoms with Gasteiger partial charge in [-0.2, -0.15) is 15.0 Å². The van der Waals surface area contributed by atoms with Gasteiger partial charge in [-0.05, 0) is 35.9 Å². The first-order valence-electron chi connectivity index (χ1n) is 5.57. The summed E-state index contributed by atoms with van der Waals surface area (Å²) in [6, 6.07) is 9.81. The maximum absolute atomic E-state index is 5.84. The van der Waals surface area contributed by atoms with E-state index in [2.05, 4.69) is 19.9 Å². The van der Waals surface area contributed by atoms with E-state index in [0.29, 0.717) is 5.82 Å². The molecule has 0 bridgehead atoms. The lowest BCUT2D eigenvalue weighted by molar-refractivity contribution is 0.379. The molecule has 6 heteroatoms. The molecule has 94 valence electrons. The topological polar surface area (TPSA) is 60.8 Å². The van der Waals surface area contributed by atoms with E-state index in [-0.39, 0.29) is 11.3 Å². The number of aromatic nitrogens is 4. The molecule has 1 aromatic carbocycles. The van der Waals surface area contributed by atoms with E-state index < -0.39 is 0 Å². The summed E-state index contributed by atoms with van der Waals surface area (Å²) in [6.07, 6.45) is 1.75. The highest BCUT2D eigenvalue weighted by atomic mass is 35.5. The Morgan fingerprint density at radius 1 is 1.11 bits per heavy atom. The smallest absolute Gasteiger partial charge is 0.321 e. The van der Waals surface area contributed by atoms with Crippen molar-refractivity contribution in [1.29, 1.82) is 0 Å². The number of ether oxygens (including phenoxy) is 1. The molecule has 0 spiro atoms. The quantitative estimate of drug-likeness (QED) is 0.718. The van der Waals surface area contributed by atoms with Crippen LogP contribution in [0.25, 0.3) is 22.3 Å². The van der Waals surface area contributed by atoms with Crippen LogP contribution < -0.4 is 4.74 Å². The number of hydrogen-bond acceptors (Lipinski definition) is 5. The number of hydrogen-bond donors (Lipinski definition) is 0. The minimum Gasteiger partial charge on any atom is -0.467 e. The van der Waals surface area contributed by atoms with Crippen LogP contribution in [0.5, 0.6) is 6.01 Å². The summed E-state index contributed by atoms with van der Waals surface area (Å²) in [7, 11) is 1.49. The Bertz CT molecular complexity index is 748. The van der Waals surface area contributed by atoms with Crippen LogP contribution in [0.3, 0.4) is 0 Å². The largest absolute Gasteiger partial charge is 0.467 e. The highest BCUT2D eigenvalue weighted by molar-refractivity contribution is 6.28. The summed E-state index contributed by atoms with van der Waals surface area (Å²) in [6.45, 7) is 0. The molecule has 0 saturated carbocycles. The van der Waals surface area contributed by atoms with E-state index in [0.717, 1.165) is 16.5 Å². The molecule has 0 fully saturated rings. The molecule has 2 aromatic heterocycles. The van der Waals surface area contributed by atoms with Gasteiger partial charge in [0.05, 0.1) is 12.6 Å². The fourth-order valence-corrected chi connectivity index (χ4v) is 1.92. The van der Waals surface area contributed by atoms with Crippen molar-refractivity contribution in [2.75, 3.05) is 7.11 Å². The summed E-state index contributed by atoms with van der Waals surface area (Å²) in [5, 5.41) is 1.11. The Labute approximate surface area is 114 Å². The van der Waals surface area contributed by atoms with Gasteiger partial charge in [0.1, 0.15) is 0 Å². The zero-order valence-electron chi connectivity index (χ0n) is 10.0. The van der Waals surface area contributed by atoms with E-state index in [4.69, 9.17) is 16.3 Å². The number of pyridine rings is 1. The average Bonchev–Trinajstić information content (AvgIpc) is 2.46. The number of methoxy groups -OCH3 is 1. The highest BCUT2D eigenvalue weighted by Crippen LogP contribution is 2.22. The molecule has 2 heterocycles. The number of nitrogens with zero attached hydrogens (tertiary/aromatic N) is 4. The molecule has 0 radical (unpaired) electrons. The Morgan fingerprint density at radius 2 is 2.00 bits per heavy atom. The minimum absolute atomic E-state index is 0.105. The molecule has 0 atom stereocenters. The van der Waals surface area contributed by atoms with Crippen molar-refractivity contribution in [1.82, 2.24) is 19.9 Å². The maximum atomic E-state index is 5.84. The molecule has 0 unspecified atom stereocenters. The van der Waals surface area contributed by atoms with E-state index >= 15 is 0 Å². The van der Waals surface area contributed by atoms with Crippen molar-refractivity contribution < 1.29 is 4.74 Å². The normalized spacial score (nSPS) is 10.6. The molecule has 19 heavy (non-hydrogen) atoms.